The van der Waals surface area contributed by atoms with E-state index in [0.717, 1.165) is 61.3 Å². The number of fused-ring (bicyclic) bond motifs is 2. The Hall–Kier alpha value is -3.16. The minimum Gasteiger partial charge on any atom is -0.443 e. The van der Waals surface area contributed by atoms with Crippen molar-refractivity contribution in [2.45, 2.75) is 78.1 Å². The quantitative estimate of drug-likeness (QED) is 0.446. The Morgan fingerprint density at radius 3 is 2.23 bits per heavy atom. The molecular weight excluding hydrogens is 488 g/mol. The molecule has 0 aliphatic carbocycles. The van der Waals surface area contributed by atoms with Gasteiger partial charge in [0.15, 0.2) is 0 Å². The van der Waals surface area contributed by atoms with Crippen molar-refractivity contribution in [1.82, 2.24) is 19.7 Å². The molecule has 0 unspecified atom stereocenters. The first-order valence-electron chi connectivity index (χ1n) is 14.5. The molecule has 0 radical (unpaired) electrons. The summed E-state index contributed by atoms with van der Waals surface area (Å²) in [6, 6.07) is 12.7. The average Bonchev–Trinajstić information content (AvgIpc) is 3.62. The molecule has 0 saturated carbocycles. The predicted molar refractivity (Wildman–Crippen MR) is 154 cm³/mol. The van der Waals surface area contributed by atoms with Gasteiger partial charge in [-0.1, -0.05) is 18.6 Å². The molecule has 0 atom stereocenters. The lowest BCUT2D eigenvalue weighted by atomic mass is 9.96. The lowest BCUT2D eigenvalue weighted by molar-refractivity contribution is 0.0547. The van der Waals surface area contributed by atoms with Crippen molar-refractivity contribution in [1.29, 1.82) is 0 Å². The molecule has 3 aliphatic heterocycles. The van der Waals surface area contributed by atoms with Crippen LogP contribution < -0.4 is 5.32 Å². The first-order chi connectivity index (χ1) is 18.7. The second-order valence-corrected chi connectivity index (χ2v) is 12.4. The number of hydrogen-bond acceptors (Lipinski definition) is 5. The minimum absolute atomic E-state index is 0.0838. The summed E-state index contributed by atoms with van der Waals surface area (Å²) in [5.74, 6) is -0.0838. The maximum Gasteiger partial charge on any atom is 0.419 e. The van der Waals surface area contributed by atoms with Crippen molar-refractivity contribution in [2.75, 3.05) is 26.2 Å². The van der Waals surface area contributed by atoms with Gasteiger partial charge in [0.1, 0.15) is 5.60 Å². The summed E-state index contributed by atoms with van der Waals surface area (Å²) in [6.07, 6.45) is 5.85. The van der Waals surface area contributed by atoms with Crippen LogP contribution in [0, 0.1) is 0 Å². The van der Waals surface area contributed by atoms with Crippen LogP contribution in [-0.4, -0.2) is 58.1 Å². The number of ether oxygens (including phenoxy) is 1. The van der Waals surface area contributed by atoms with Crippen molar-refractivity contribution in [2.24, 2.45) is 0 Å². The Morgan fingerprint density at radius 2 is 1.54 bits per heavy atom. The number of piperidine rings is 1. The van der Waals surface area contributed by atoms with Crippen molar-refractivity contribution in [3.63, 3.8) is 0 Å². The van der Waals surface area contributed by atoms with Crippen LogP contribution in [0.3, 0.4) is 0 Å². The fourth-order valence-electron chi connectivity index (χ4n) is 6.37. The normalized spacial score (nSPS) is 18.5. The Kier molecular flexibility index (Phi) is 6.98. The summed E-state index contributed by atoms with van der Waals surface area (Å²) < 4.78 is 7.57. The van der Waals surface area contributed by atoms with E-state index in [4.69, 9.17) is 4.74 Å². The van der Waals surface area contributed by atoms with E-state index in [9.17, 15) is 9.59 Å². The fraction of sp³-hybridized carbons (Fsp3) is 0.500. The van der Waals surface area contributed by atoms with E-state index in [0.29, 0.717) is 17.8 Å². The Balaban J connectivity index is 1.47. The number of hydrogen-bond donors (Lipinski definition) is 1. The predicted octanol–water partition coefficient (Wildman–Crippen LogP) is 5.92. The van der Waals surface area contributed by atoms with Crippen LogP contribution in [0.4, 0.5) is 4.79 Å². The molecule has 3 aliphatic rings. The molecule has 1 amide bonds. The number of rotatable bonds is 5. The highest BCUT2D eigenvalue weighted by atomic mass is 16.6. The van der Waals surface area contributed by atoms with Crippen LogP contribution in [0.5, 0.6) is 0 Å². The summed E-state index contributed by atoms with van der Waals surface area (Å²) in [7, 11) is 0. The van der Waals surface area contributed by atoms with E-state index in [1.807, 2.05) is 26.8 Å². The summed E-state index contributed by atoms with van der Waals surface area (Å²) in [4.78, 5) is 31.7. The Labute approximate surface area is 231 Å². The van der Waals surface area contributed by atoms with Gasteiger partial charge in [-0.05, 0) is 114 Å². The molecule has 206 valence electrons. The maximum atomic E-state index is 13.7. The standard InChI is InChI=1S/C32H40N4O3/c1-32(2,3)39-31(38)36-27-10-9-22(20-34-11-5-4-6-12-34)15-24(27)18-28(36)26-17-23(21-35-13-7-8-14-35)16-25-19-33-30(37)29(25)26/h9-10,15-18H,4-8,11-14,19-21H2,1-3H3,(H,33,37). The highest BCUT2D eigenvalue weighted by Crippen LogP contribution is 2.36. The van der Waals surface area contributed by atoms with Crippen molar-refractivity contribution in [3.05, 3.63) is 58.7 Å². The summed E-state index contributed by atoms with van der Waals surface area (Å²) in [6.45, 7) is 12.4. The number of nitrogens with one attached hydrogen (secondary N) is 1. The number of amides is 1. The summed E-state index contributed by atoms with van der Waals surface area (Å²) >= 11 is 0. The molecule has 2 saturated heterocycles. The first-order valence-corrected chi connectivity index (χ1v) is 14.5. The molecular formula is C32H40N4O3. The van der Waals surface area contributed by atoms with Crippen LogP contribution in [-0.2, 0) is 24.4 Å². The van der Waals surface area contributed by atoms with Gasteiger partial charge in [-0.25, -0.2) is 9.36 Å². The second-order valence-electron chi connectivity index (χ2n) is 12.4. The third-order valence-corrected chi connectivity index (χ3v) is 8.12. The minimum atomic E-state index is -0.643. The van der Waals surface area contributed by atoms with Gasteiger partial charge >= 0.3 is 6.09 Å². The molecule has 4 heterocycles. The van der Waals surface area contributed by atoms with Crippen molar-refractivity contribution >= 4 is 22.9 Å². The largest absolute Gasteiger partial charge is 0.443 e. The Morgan fingerprint density at radius 1 is 0.872 bits per heavy atom. The van der Waals surface area contributed by atoms with Crippen LogP contribution in [0.15, 0.2) is 36.4 Å². The number of likely N-dealkylation sites (tertiary alicyclic amines) is 2. The highest BCUT2D eigenvalue weighted by molar-refractivity contribution is 6.07. The van der Waals surface area contributed by atoms with Crippen molar-refractivity contribution < 1.29 is 14.3 Å². The molecule has 1 aromatic heterocycles. The third-order valence-electron chi connectivity index (χ3n) is 8.12. The van der Waals surface area contributed by atoms with Gasteiger partial charge in [0.25, 0.3) is 5.91 Å². The molecule has 7 nitrogen and oxygen atoms in total. The zero-order valence-electron chi connectivity index (χ0n) is 23.5. The molecule has 6 rings (SSSR count). The van der Waals surface area contributed by atoms with Crippen LogP contribution in [0.1, 0.15) is 79.9 Å². The van der Waals surface area contributed by atoms with E-state index in [1.165, 1.54) is 43.2 Å². The van der Waals surface area contributed by atoms with E-state index in [-0.39, 0.29) is 5.91 Å². The van der Waals surface area contributed by atoms with Gasteiger partial charge in [-0.15, -0.1) is 0 Å². The van der Waals surface area contributed by atoms with Gasteiger partial charge in [-0.2, -0.15) is 0 Å². The molecule has 0 spiro atoms. The molecule has 2 fully saturated rings. The van der Waals surface area contributed by atoms with E-state index in [2.05, 4.69) is 45.4 Å². The van der Waals surface area contributed by atoms with Gasteiger partial charge in [-0.3, -0.25) is 14.6 Å². The summed E-state index contributed by atoms with van der Waals surface area (Å²) in [5.41, 5.74) is 5.76. The lowest BCUT2D eigenvalue weighted by Crippen LogP contribution is -2.29. The number of nitrogens with zero attached hydrogens (tertiary/aromatic N) is 3. The number of carbonyl (C=O) groups is 2. The van der Waals surface area contributed by atoms with Crippen molar-refractivity contribution in [3.8, 4) is 11.3 Å². The topological polar surface area (TPSA) is 66.8 Å². The first kappa shape index (κ1) is 26.1. The number of benzene rings is 2. The van der Waals surface area contributed by atoms with Gasteiger partial charge in [0.2, 0.25) is 0 Å². The zero-order chi connectivity index (χ0) is 27.1. The lowest BCUT2D eigenvalue weighted by Gasteiger charge is -2.26. The van der Waals surface area contributed by atoms with Crippen LogP contribution in [0.2, 0.25) is 0 Å². The smallest absolute Gasteiger partial charge is 0.419 e. The monoisotopic (exact) mass is 528 g/mol. The molecule has 0 bridgehead atoms. The Bertz CT molecular complexity index is 1410. The fourth-order valence-corrected chi connectivity index (χ4v) is 6.37. The number of carbonyl (C=O) groups excluding carboxylic acids is 2. The van der Waals surface area contributed by atoms with E-state index >= 15 is 0 Å². The molecule has 39 heavy (non-hydrogen) atoms. The van der Waals surface area contributed by atoms with Gasteiger partial charge < -0.3 is 10.1 Å². The molecule has 7 heteroatoms. The molecule has 3 aromatic rings. The highest BCUT2D eigenvalue weighted by Gasteiger charge is 2.30. The van der Waals surface area contributed by atoms with Crippen LogP contribution >= 0.6 is 0 Å². The van der Waals surface area contributed by atoms with Gasteiger partial charge in [0.05, 0.1) is 16.8 Å². The SMILES string of the molecule is CC(C)(C)OC(=O)n1c(-c2cc(CN3CCCC3)cc3c2C(=O)NC3)cc2cc(CN3CCCCC3)ccc21. The van der Waals surface area contributed by atoms with Gasteiger partial charge in [0, 0.05) is 30.6 Å². The summed E-state index contributed by atoms with van der Waals surface area (Å²) in [5, 5.41) is 4.00. The average molecular weight is 529 g/mol. The van der Waals surface area contributed by atoms with Crippen LogP contribution in [0.25, 0.3) is 22.2 Å². The second kappa shape index (κ2) is 10.4. The number of aromatic nitrogens is 1. The zero-order valence-corrected chi connectivity index (χ0v) is 23.5. The maximum absolute atomic E-state index is 13.7. The van der Waals surface area contributed by atoms with E-state index < -0.39 is 11.7 Å². The third kappa shape index (κ3) is 5.48. The van der Waals surface area contributed by atoms with E-state index in [1.54, 1.807) is 4.57 Å². The molecule has 2 aromatic carbocycles. The molecule has 1 N–H and O–H groups in total.